The SMILES string of the molecule is OB(O)c1cccc(CSc2ccc(F)cc2)c1. The van der Waals surface area contributed by atoms with Crippen LogP contribution in [-0.2, 0) is 5.75 Å². The van der Waals surface area contributed by atoms with Gasteiger partial charge in [-0.3, -0.25) is 0 Å². The highest BCUT2D eigenvalue weighted by Crippen LogP contribution is 2.22. The van der Waals surface area contributed by atoms with Crippen molar-refractivity contribution in [3.63, 3.8) is 0 Å². The lowest BCUT2D eigenvalue weighted by Gasteiger charge is -2.05. The standard InChI is InChI=1S/C13H12BFO2S/c15-12-4-6-13(7-5-12)18-9-10-2-1-3-11(8-10)14(16)17/h1-8,16-17H,9H2. The maximum absolute atomic E-state index is 12.7. The average Bonchev–Trinajstić information content (AvgIpc) is 2.38. The fraction of sp³-hybridized carbons (Fsp3) is 0.0769. The lowest BCUT2D eigenvalue weighted by Crippen LogP contribution is -2.29. The van der Waals surface area contributed by atoms with Crippen molar-refractivity contribution in [1.29, 1.82) is 0 Å². The van der Waals surface area contributed by atoms with E-state index in [1.807, 2.05) is 6.07 Å². The third-order valence-electron chi connectivity index (χ3n) is 2.47. The zero-order valence-corrected chi connectivity index (χ0v) is 10.4. The maximum atomic E-state index is 12.7. The second-order valence-electron chi connectivity index (χ2n) is 3.86. The lowest BCUT2D eigenvalue weighted by atomic mass is 9.80. The third kappa shape index (κ3) is 3.60. The Morgan fingerprint density at radius 2 is 1.78 bits per heavy atom. The van der Waals surface area contributed by atoms with E-state index in [4.69, 9.17) is 10.0 Å². The predicted molar refractivity (Wildman–Crippen MR) is 72.2 cm³/mol. The highest BCUT2D eigenvalue weighted by atomic mass is 32.2. The first kappa shape index (κ1) is 13.1. The Morgan fingerprint density at radius 1 is 1.06 bits per heavy atom. The fourth-order valence-electron chi connectivity index (χ4n) is 1.54. The normalized spacial score (nSPS) is 10.4. The number of thioether (sulfide) groups is 1. The van der Waals surface area contributed by atoms with E-state index in [-0.39, 0.29) is 5.82 Å². The summed E-state index contributed by atoms with van der Waals surface area (Å²) in [7, 11) is -1.44. The molecule has 0 radical (unpaired) electrons. The molecule has 0 saturated heterocycles. The Morgan fingerprint density at radius 3 is 2.44 bits per heavy atom. The topological polar surface area (TPSA) is 40.5 Å². The second-order valence-corrected chi connectivity index (χ2v) is 4.91. The second kappa shape index (κ2) is 6.04. The monoisotopic (exact) mass is 262 g/mol. The number of benzene rings is 2. The first-order valence-corrected chi connectivity index (χ1v) is 6.47. The van der Waals surface area contributed by atoms with Crippen LogP contribution in [0.2, 0.25) is 0 Å². The van der Waals surface area contributed by atoms with Gasteiger partial charge in [0.2, 0.25) is 0 Å². The van der Waals surface area contributed by atoms with E-state index in [9.17, 15) is 4.39 Å². The maximum Gasteiger partial charge on any atom is 0.488 e. The van der Waals surface area contributed by atoms with E-state index in [0.717, 1.165) is 10.5 Å². The molecule has 2 nitrogen and oxygen atoms in total. The van der Waals surface area contributed by atoms with E-state index in [1.165, 1.54) is 12.1 Å². The summed E-state index contributed by atoms with van der Waals surface area (Å²) in [6, 6.07) is 13.4. The van der Waals surface area contributed by atoms with Crippen LogP contribution in [0, 0.1) is 5.82 Å². The highest BCUT2D eigenvalue weighted by Gasteiger charge is 2.10. The number of hydrogen-bond acceptors (Lipinski definition) is 3. The van der Waals surface area contributed by atoms with Crippen molar-refractivity contribution in [3.05, 3.63) is 59.9 Å². The minimum atomic E-state index is -1.44. The van der Waals surface area contributed by atoms with Gasteiger partial charge in [-0.2, -0.15) is 0 Å². The van der Waals surface area contributed by atoms with Crippen molar-refractivity contribution < 1.29 is 14.4 Å². The Hall–Kier alpha value is -1.30. The zero-order valence-electron chi connectivity index (χ0n) is 9.58. The van der Waals surface area contributed by atoms with Gasteiger partial charge in [-0.05, 0) is 35.3 Å². The van der Waals surface area contributed by atoms with Crippen LogP contribution in [0.1, 0.15) is 5.56 Å². The molecule has 0 bridgehead atoms. The van der Waals surface area contributed by atoms with Crippen LogP contribution in [0.15, 0.2) is 53.4 Å². The third-order valence-corrected chi connectivity index (χ3v) is 3.55. The summed E-state index contributed by atoms with van der Waals surface area (Å²) >= 11 is 1.57. The van der Waals surface area contributed by atoms with Gasteiger partial charge in [0.15, 0.2) is 0 Å². The average molecular weight is 262 g/mol. The molecular formula is C13H12BFO2S. The van der Waals surface area contributed by atoms with E-state index < -0.39 is 7.12 Å². The van der Waals surface area contributed by atoms with Gasteiger partial charge in [-0.25, -0.2) is 4.39 Å². The van der Waals surface area contributed by atoms with Crippen molar-refractivity contribution in [2.45, 2.75) is 10.6 Å². The van der Waals surface area contributed by atoms with Crippen molar-refractivity contribution in [2.75, 3.05) is 0 Å². The molecule has 0 aliphatic carbocycles. The van der Waals surface area contributed by atoms with Gasteiger partial charge in [0.05, 0.1) is 0 Å². The van der Waals surface area contributed by atoms with E-state index in [0.29, 0.717) is 11.2 Å². The molecule has 2 aromatic rings. The van der Waals surface area contributed by atoms with E-state index in [1.54, 1.807) is 42.1 Å². The molecule has 92 valence electrons. The van der Waals surface area contributed by atoms with Crippen LogP contribution in [0.4, 0.5) is 4.39 Å². The lowest BCUT2D eigenvalue weighted by molar-refractivity contribution is 0.425. The van der Waals surface area contributed by atoms with Gasteiger partial charge in [0, 0.05) is 10.6 Å². The molecule has 0 amide bonds. The molecule has 5 heteroatoms. The quantitative estimate of drug-likeness (QED) is 0.652. The van der Waals surface area contributed by atoms with Crippen molar-refractivity contribution in [2.24, 2.45) is 0 Å². The van der Waals surface area contributed by atoms with Gasteiger partial charge < -0.3 is 10.0 Å². The molecule has 2 aromatic carbocycles. The summed E-state index contributed by atoms with van der Waals surface area (Å²) in [6.45, 7) is 0. The Labute approximate surface area is 110 Å². The molecular weight excluding hydrogens is 250 g/mol. The molecule has 0 saturated carbocycles. The van der Waals surface area contributed by atoms with Gasteiger partial charge in [-0.1, -0.05) is 24.3 Å². The van der Waals surface area contributed by atoms with Gasteiger partial charge >= 0.3 is 7.12 Å². The van der Waals surface area contributed by atoms with Crippen LogP contribution in [0.25, 0.3) is 0 Å². The molecule has 2 rings (SSSR count). The molecule has 0 atom stereocenters. The smallest absolute Gasteiger partial charge is 0.423 e. The van der Waals surface area contributed by atoms with Crippen molar-refractivity contribution in [1.82, 2.24) is 0 Å². The minimum absolute atomic E-state index is 0.246. The van der Waals surface area contributed by atoms with E-state index in [2.05, 4.69) is 0 Å². The first-order chi connectivity index (χ1) is 8.65. The highest BCUT2D eigenvalue weighted by molar-refractivity contribution is 7.98. The van der Waals surface area contributed by atoms with Gasteiger partial charge in [0.25, 0.3) is 0 Å². The minimum Gasteiger partial charge on any atom is -0.423 e. The molecule has 0 heterocycles. The Balaban J connectivity index is 2.01. The summed E-state index contributed by atoms with van der Waals surface area (Å²) in [5.74, 6) is 0.455. The molecule has 0 spiro atoms. The molecule has 18 heavy (non-hydrogen) atoms. The molecule has 0 fully saturated rings. The number of rotatable bonds is 4. The van der Waals surface area contributed by atoms with Crippen LogP contribution < -0.4 is 5.46 Å². The molecule has 0 aliphatic rings. The molecule has 2 N–H and O–H groups in total. The zero-order chi connectivity index (χ0) is 13.0. The van der Waals surface area contributed by atoms with E-state index >= 15 is 0 Å². The summed E-state index contributed by atoms with van der Waals surface area (Å²) in [6.07, 6.45) is 0. The number of hydrogen-bond donors (Lipinski definition) is 2. The summed E-state index contributed by atoms with van der Waals surface area (Å²) < 4.78 is 12.7. The molecule has 0 aliphatic heterocycles. The van der Waals surface area contributed by atoms with Crippen molar-refractivity contribution in [3.8, 4) is 0 Å². The van der Waals surface area contributed by atoms with Gasteiger partial charge in [0.1, 0.15) is 5.82 Å². The van der Waals surface area contributed by atoms with Gasteiger partial charge in [-0.15, -0.1) is 11.8 Å². The summed E-state index contributed by atoms with van der Waals surface area (Å²) in [5, 5.41) is 18.1. The Bertz CT molecular complexity index is 517. The predicted octanol–water partition coefficient (Wildman–Crippen LogP) is 1.80. The van der Waals surface area contributed by atoms with Crippen LogP contribution in [0.3, 0.4) is 0 Å². The molecule has 0 aromatic heterocycles. The number of halogens is 1. The van der Waals surface area contributed by atoms with Crippen molar-refractivity contribution >= 4 is 24.3 Å². The fourth-order valence-corrected chi connectivity index (χ4v) is 2.38. The largest absolute Gasteiger partial charge is 0.488 e. The van der Waals surface area contributed by atoms with Crippen LogP contribution >= 0.6 is 11.8 Å². The molecule has 0 unspecified atom stereocenters. The Kier molecular flexibility index (Phi) is 4.41. The first-order valence-electron chi connectivity index (χ1n) is 5.48. The summed E-state index contributed by atoms with van der Waals surface area (Å²) in [4.78, 5) is 0.978. The summed E-state index contributed by atoms with van der Waals surface area (Å²) in [5.41, 5.74) is 1.47. The van der Waals surface area contributed by atoms with Crippen LogP contribution in [-0.4, -0.2) is 17.2 Å². The van der Waals surface area contributed by atoms with Crippen LogP contribution in [0.5, 0.6) is 0 Å².